The molecule has 1 aliphatic rings. The van der Waals surface area contributed by atoms with Crippen molar-refractivity contribution in [1.29, 1.82) is 0 Å². The SMILES string of the molecule is CC(=O)N1CCCN(Cc2ccc(C=CC(=O)O)s2)CC1. The third kappa shape index (κ3) is 4.99. The number of carboxylic acids is 1. The van der Waals surface area contributed by atoms with Crippen LogP contribution in [0.3, 0.4) is 0 Å². The van der Waals surface area contributed by atoms with Gasteiger partial charge in [0.1, 0.15) is 0 Å². The van der Waals surface area contributed by atoms with Crippen LogP contribution in [0.15, 0.2) is 18.2 Å². The van der Waals surface area contributed by atoms with Crippen LogP contribution in [0, 0.1) is 0 Å². The van der Waals surface area contributed by atoms with E-state index in [9.17, 15) is 9.59 Å². The van der Waals surface area contributed by atoms with E-state index in [0.29, 0.717) is 0 Å². The summed E-state index contributed by atoms with van der Waals surface area (Å²) in [4.78, 5) is 28.3. The fourth-order valence-corrected chi connectivity index (χ4v) is 3.34. The van der Waals surface area contributed by atoms with E-state index in [1.165, 1.54) is 4.88 Å². The summed E-state index contributed by atoms with van der Waals surface area (Å²) in [6.45, 7) is 5.97. The predicted octanol–water partition coefficient (Wildman–Crippen LogP) is 1.90. The summed E-state index contributed by atoms with van der Waals surface area (Å²) in [5.41, 5.74) is 0. The summed E-state index contributed by atoms with van der Waals surface area (Å²) in [5.74, 6) is -0.782. The van der Waals surface area contributed by atoms with Crippen molar-refractivity contribution in [3.8, 4) is 0 Å². The Labute approximate surface area is 128 Å². The van der Waals surface area contributed by atoms with Gasteiger partial charge in [-0.3, -0.25) is 9.69 Å². The number of carbonyl (C=O) groups excluding carboxylic acids is 1. The fraction of sp³-hybridized carbons (Fsp3) is 0.467. The van der Waals surface area contributed by atoms with E-state index in [-0.39, 0.29) is 5.91 Å². The Morgan fingerprint density at radius 3 is 2.81 bits per heavy atom. The molecule has 1 amide bonds. The van der Waals surface area contributed by atoms with Crippen molar-refractivity contribution in [3.05, 3.63) is 28.0 Å². The number of aliphatic carboxylic acids is 1. The van der Waals surface area contributed by atoms with Gasteiger partial charge in [-0.1, -0.05) is 0 Å². The van der Waals surface area contributed by atoms with Crippen molar-refractivity contribution in [2.45, 2.75) is 19.9 Å². The quantitative estimate of drug-likeness (QED) is 0.863. The summed E-state index contributed by atoms with van der Waals surface area (Å²) >= 11 is 1.61. The molecule has 0 saturated carbocycles. The summed E-state index contributed by atoms with van der Waals surface area (Å²) < 4.78 is 0. The Hall–Kier alpha value is -1.66. The number of rotatable bonds is 4. The standard InChI is InChI=1S/C15H20N2O3S/c1-12(18)17-8-2-7-16(9-10-17)11-14-4-3-13(21-14)5-6-15(19)20/h3-6H,2,7-11H2,1H3,(H,19,20). The summed E-state index contributed by atoms with van der Waals surface area (Å²) in [6, 6.07) is 3.99. The molecule has 0 bridgehead atoms. The molecule has 0 atom stereocenters. The molecular weight excluding hydrogens is 288 g/mol. The summed E-state index contributed by atoms with van der Waals surface area (Å²) in [6.07, 6.45) is 3.78. The number of thiophene rings is 1. The lowest BCUT2D eigenvalue weighted by Gasteiger charge is -2.20. The van der Waals surface area contributed by atoms with Gasteiger partial charge in [-0.25, -0.2) is 4.79 Å². The van der Waals surface area contributed by atoms with Crippen molar-refractivity contribution in [3.63, 3.8) is 0 Å². The van der Waals surface area contributed by atoms with E-state index in [2.05, 4.69) is 4.90 Å². The molecule has 0 aromatic carbocycles. The highest BCUT2D eigenvalue weighted by Crippen LogP contribution is 2.20. The second-order valence-electron chi connectivity index (χ2n) is 5.11. The van der Waals surface area contributed by atoms with E-state index >= 15 is 0 Å². The van der Waals surface area contributed by atoms with Crippen LogP contribution < -0.4 is 0 Å². The van der Waals surface area contributed by atoms with Gasteiger partial charge in [0, 0.05) is 55.5 Å². The largest absolute Gasteiger partial charge is 0.478 e. The highest BCUT2D eigenvalue weighted by atomic mass is 32.1. The van der Waals surface area contributed by atoms with E-state index in [1.54, 1.807) is 24.3 Å². The first-order chi connectivity index (χ1) is 10.0. The van der Waals surface area contributed by atoms with Crippen LogP contribution in [0.2, 0.25) is 0 Å². The Kier molecular flexibility index (Phi) is 5.52. The molecule has 0 spiro atoms. The van der Waals surface area contributed by atoms with Crippen LogP contribution >= 0.6 is 11.3 Å². The number of hydrogen-bond donors (Lipinski definition) is 1. The minimum absolute atomic E-state index is 0.147. The minimum atomic E-state index is -0.929. The average Bonchev–Trinajstić information content (AvgIpc) is 2.73. The predicted molar refractivity (Wildman–Crippen MR) is 83.1 cm³/mol. The number of nitrogens with zero attached hydrogens (tertiary/aromatic N) is 2. The van der Waals surface area contributed by atoms with Crippen molar-refractivity contribution < 1.29 is 14.7 Å². The van der Waals surface area contributed by atoms with Gasteiger partial charge >= 0.3 is 5.97 Å². The van der Waals surface area contributed by atoms with Gasteiger partial charge in [-0.15, -0.1) is 11.3 Å². The van der Waals surface area contributed by atoms with Gasteiger partial charge in [-0.05, 0) is 24.6 Å². The van der Waals surface area contributed by atoms with Crippen molar-refractivity contribution in [2.24, 2.45) is 0 Å². The third-order valence-corrected chi connectivity index (χ3v) is 4.52. The molecule has 0 unspecified atom stereocenters. The zero-order valence-electron chi connectivity index (χ0n) is 12.1. The van der Waals surface area contributed by atoms with E-state index < -0.39 is 5.97 Å². The first-order valence-corrected chi connectivity index (χ1v) is 7.84. The molecular formula is C15H20N2O3S. The second kappa shape index (κ2) is 7.38. The molecule has 1 aromatic heterocycles. The smallest absolute Gasteiger partial charge is 0.328 e. The lowest BCUT2D eigenvalue weighted by atomic mass is 10.3. The van der Waals surface area contributed by atoms with Crippen LogP contribution in [0.1, 0.15) is 23.1 Å². The van der Waals surface area contributed by atoms with Gasteiger partial charge in [0.2, 0.25) is 5.91 Å². The van der Waals surface area contributed by atoms with Gasteiger partial charge in [0.25, 0.3) is 0 Å². The normalized spacial score (nSPS) is 17.1. The first-order valence-electron chi connectivity index (χ1n) is 7.02. The first kappa shape index (κ1) is 15.7. The van der Waals surface area contributed by atoms with Crippen molar-refractivity contribution in [1.82, 2.24) is 9.80 Å². The Morgan fingerprint density at radius 2 is 2.10 bits per heavy atom. The minimum Gasteiger partial charge on any atom is -0.478 e. The third-order valence-electron chi connectivity index (χ3n) is 3.49. The molecule has 2 heterocycles. The molecule has 1 aromatic rings. The molecule has 0 aliphatic carbocycles. The molecule has 1 saturated heterocycles. The molecule has 1 fully saturated rings. The van der Waals surface area contributed by atoms with Gasteiger partial charge in [0.15, 0.2) is 0 Å². The molecule has 114 valence electrons. The zero-order valence-corrected chi connectivity index (χ0v) is 12.9. The molecule has 2 rings (SSSR count). The number of carboxylic acid groups (broad SMARTS) is 1. The van der Waals surface area contributed by atoms with Crippen LogP contribution in [0.4, 0.5) is 0 Å². The lowest BCUT2D eigenvalue weighted by Crippen LogP contribution is -2.33. The van der Waals surface area contributed by atoms with Crippen LogP contribution in [-0.2, 0) is 16.1 Å². The van der Waals surface area contributed by atoms with Gasteiger partial charge in [0.05, 0.1) is 0 Å². The Morgan fingerprint density at radius 1 is 1.29 bits per heavy atom. The van der Waals surface area contributed by atoms with Gasteiger partial charge < -0.3 is 10.0 Å². The topological polar surface area (TPSA) is 60.9 Å². The van der Waals surface area contributed by atoms with E-state index in [4.69, 9.17) is 5.11 Å². The molecule has 1 N–H and O–H groups in total. The molecule has 0 radical (unpaired) electrons. The fourth-order valence-electron chi connectivity index (χ4n) is 2.39. The van der Waals surface area contributed by atoms with Crippen molar-refractivity contribution in [2.75, 3.05) is 26.2 Å². The monoisotopic (exact) mass is 308 g/mol. The van der Waals surface area contributed by atoms with Crippen LogP contribution in [0.5, 0.6) is 0 Å². The maximum absolute atomic E-state index is 11.4. The van der Waals surface area contributed by atoms with E-state index in [0.717, 1.165) is 50.1 Å². The maximum atomic E-state index is 11.4. The summed E-state index contributed by atoms with van der Waals surface area (Å²) in [5, 5.41) is 8.62. The number of amides is 1. The zero-order chi connectivity index (χ0) is 15.2. The lowest BCUT2D eigenvalue weighted by molar-refractivity contribution is -0.131. The summed E-state index contributed by atoms with van der Waals surface area (Å²) in [7, 11) is 0. The van der Waals surface area contributed by atoms with Crippen LogP contribution in [0.25, 0.3) is 6.08 Å². The molecule has 21 heavy (non-hydrogen) atoms. The molecule has 5 nitrogen and oxygen atoms in total. The van der Waals surface area contributed by atoms with Gasteiger partial charge in [-0.2, -0.15) is 0 Å². The van der Waals surface area contributed by atoms with Crippen LogP contribution in [-0.4, -0.2) is 53.0 Å². The molecule has 6 heteroatoms. The van der Waals surface area contributed by atoms with Crippen molar-refractivity contribution >= 4 is 29.3 Å². The maximum Gasteiger partial charge on any atom is 0.328 e. The van der Waals surface area contributed by atoms with E-state index in [1.807, 2.05) is 17.0 Å². The number of hydrogen-bond acceptors (Lipinski definition) is 4. The highest BCUT2D eigenvalue weighted by molar-refractivity contribution is 7.12. The average molecular weight is 308 g/mol. The molecule has 1 aliphatic heterocycles. The Bertz CT molecular complexity index is 539. The number of carbonyl (C=O) groups is 2. The highest BCUT2D eigenvalue weighted by Gasteiger charge is 2.16. The second-order valence-corrected chi connectivity index (χ2v) is 6.31. The Balaban J connectivity index is 1.90.